The highest BCUT2D eigenvalue weighted by molar-refractivity contribution is 6.36. The van der Waals surface area contributed by atoms with Crippen molar-refractivity contribution < 1.29 is 40.7 Å². The van der Waals surface area contributed by atoms with Crippen molar-refractivity contribution in [2.45, 2.75) is 63.5 Å². The van der Waals surface area contributed by atoms with Gasteiger partial charge in [-0.3, -0.25) is 4.79 Å². The molecule has 198 valence electrons. The number of hydrogen-bond acceptors (Lipinski definition) is 5. The van der Waals surface area contributed by atoms with Gasteiger partial charge in [-0.1, -0.05) is 11.6 Å². The number of aryl methyl sites for hydroxylation is 2. The van der Waals surface area contributed by atoms with Crippen LogP contribution in [0, 0.1) is 13.8 Å². The molecule has 0 N–H and O–H groups in total. The Morgan fingerprint density at radius 3 is 2.25 bits per heavy atom. The molecule has 2 aliphatic rings. The lowest BCUT2D eigenvalue weighted by Gasteiger charge is -2.44. The van der Waals surface area contributed by atoms with E-state index in [0.29, 0.717) is 30.7 Å². The van der Waals surface area contributed by atoms with Gasteiger partial charge < -0.3 is 14.5 Å². The Balaban J connectivity index is 1.50. The topological polar surface area (TPSA) is 80.0 Å². The van der Waals surface area contributed by atoms with Crippen molar-refractivity contribution in [2.75, 3.05) is 19.6 Å². The van der Waals surface area contributed by atoms with Crippen molar-refractivity contribution in [3.63, 3.8) is 0 Å². The van der Waals surface area contributed by atoms with Crippen molar-refractivity contribution in [1.29, 1.82) is 0 Å². The maximum atomic E-state index is 13.5. The van der Waals surface area contributed by atoms with Crippen molar-refractivity contribution in [2.24, 2.45) is 0 Å². The second-order valence-corrected chi connectivity index (χ2v) is 9.43. The number of carbonyl (C=O) groups excluding carboxylic acids is 2. The molecule has 2 amide bonds. The first kappa shape index (κ1) is 26.3. The number of amides is 2. The number of rotatable bonds is 2. The van der Waals surface area contributed by atoms with Gasteiger partial charge in [0.05, 0.1) is 0 Å². The Morgan fingerprint density at radius 1 is 1.06 bits per heavy atom. The van der Waals surface area contributed by atoms with Crippen LogP contribution >= 0.6 is 11.6 Å². The number of likely N-dealkylation sites (tertiary alicyclic amines) is 2. The second kappa shape index (κ2) is 8.96. The normalized spacial score (nSPS) is 18.5. The number of aromatic nitrogens is 3. The Kier molecular flexibility index (Phi) is 6.55. The van der Waals surface area contributed by atoms with E-state index in [4.69, 9.17) is 11.6 Å². The largest absolute Gasteiger partial charge is 0.434 e. The first-order valence-corrected chi connectivity index (χ1v) is 11.5. The van der Waals surface area contributed by atoms with Gasteiger partial charge >= 0.3 is 18.4 Å². The average molecular weight is 542 g/mol. The lowest BCUT2D eigenvalue weighted by Crippen LogP contribution is -2.56. The summed E-state index contributed by atoms with van der Waals surface area (Å²) in [6, 6.07) is 1.78. The van der Waals surface area contributed by atoms with Gasteiger partial charge in [-0.05, 0) is 45.6 Å². The number of alkyl halides is 6. The van der Waals surface area contributed by atoms with Gasteiger partial charge in [-0.15, -0.1) is 0 Å². The second-order valence-electron chi connectivity index (χ2n) is 9.06. The Morgan fingerprint density at radius 2 is 1.67 bits per heavy atom. The Labute approximate surface area is 206 Å². The third-order valence-corrected chi connectivity index (χ3v) is 7.00. The maximum absolute atomic E-state index is 13.5. The minimum absolute atomic E-state index is 0.000762. The minimum atomic E-state index is -5.79. The van der Waals surface area contributed by atoms with E-state index in [1.807, 2.05) is 0 Å². The van der Waals surface area contributed by atoms with E-state index in [0.717, 1.165) is 10.6 Å². The summed E-state index contributed by atoms with van der Waals surface area (Å²) in [6.07, 6.45) is -16.0. The molecule has 2 saturated heterocycles. The molecule has 8 nitrogen and oxygen atoms in total. The number of nitrogens with zero attached hydrogens (tertiary/aromatic N) is 5. The standard InChI is InChI=1S/C21H22ClF6N5O3/c1-11-10-12(2)33-15(29-11)13(22)14(30-33)16(34)32-7-3-4-19(32)5-8-31(9-6-19)18(35)36-17(20(23,24)25)21(26,27)28/h10,17H,3-9H2,1-2H3. The van der Waals surface area contributed by atoms with Gasteiger partial charge in [0.25, 0.3) is 12.0 Å². The molecule has 2 fully saturated rings. The quantitative estimate of drug-likeness (QED) is 0.515. The highest BCUT2D eigenvalue weighted by atomic mass is 35.5. The minimum Gasteiger partial charge on any atom is -0.426 e. The van der Waals surface area contributed by atoms with Crippen LogP contribution in [0.15, 0.2) is 6.07 Å². The zero-order chi connectivity index (χ0) is 26.6. The first-order chi connectivity index (χ1) is 16.6. The number of ether oxygens (including phenoxy) is 1. The Hall–Kier alpha value is -2.77. The van der Waals surface area contributed by atoms with Crippen LogP contribution in [0.5, 0.6) is 0 Å². The molecule has 0 unspecified atom stereocenters. The smallest absolute Gasteiger partial charge is 0.426 e. The summed E-state index contributed by atoms with van der Waals surface area (Å²) in [6.45, 7) is 3.57. The molecule has 2 aromatic rings. The first-order valence-electron chi connectivity index (χ1n) is 11.1. The molecular formula is C21H22ClF6N5O3. The van der Waals surface area contributed by atoms with Crippen molar-refractivity contribution in [3.05, 3.63) is 28.2 Å². The van der Waals surface area contributed by atoms with Gasteiger partial charge in [0.1, 0.15) is 5.02 Å². The summed E-state index contributed by atoms with van der Waals surface area (Å²) in [4.78, 5) is 32.3. The van der Waals surface area contributed by atoms with E-state index < -0.39 is 36.0 Å². The average Bonchev–Trinajstić information content (AvgIpc) is 3.32. The molecule has 2 aliphatic heterocycles. The number of hydrogen-bond donors (Lipinski definition) is 0. The zero-order valence-electron chi connectivity index (χ0n) is 19.2. The fourth-order valence-corrected chi connectivity index (χ4v) is 5.18. The zero-order valence-corrected chi connectivity index (χ0v) is 20.0. The molecule has 0 aliphatic carbocycles. The molecule has 0 saturated carbocycles. The van der Waals surface area contributed by atoms with E-state index in [2.05, 4.69) is 14.8 Å². The van der Waals surface area contributed by atoms with Crippen LogP contribution in [0.25, 0.3) is 5.65 Å². The number of fused-ring (bicyclic) bond motifs is 1. The molecule has 4 rings (SSSR count). The third kappa shape index (κ3) is 4.66. The van der Waals surface area contributed by atoms with Crippen LogP contribution in [0.2, 0.25) is 5.02 Å². The van der Waals surface area contributed by atoms with Crippen LogP contribution in [-0.2, 0) is 4.74 Å². The predicted molar refractivity (Wildman–Crippen MR) is 114 cm³/mol. The number of carbonyl (C=O) groups is 2. The summed E-state index contributed by atoms with van der Waals surface area (Å²) < 4.78 is 81.8. The molecule has 0 atom stereocenters. The maximum Gasteiger partial charge on any atom is 0.434 e. The summed E-state index contributed by atoms with van der Waals surface area (Å²) in [7, 11) is 0. The highest BCUT2D eigenvalue weighted by Gasteiger charge is 2.60. The molecule has 0 aromatic carbocycles. The van der Waals surface area contributed by atoms with Crippen molar-refractivity contribution in [3.8, 4) is 0 Å². The molecule has 1 spiro atoms. The molecular weight excluding hydrogens is 520 g/mol. The van der Waals surface area contributed by atoms with Gasteiger partial charge in [-0.25, -0.2) is 14.3 Å². The van der Waals surface area contributed by atoms with Crippen LogP contribution in [0.4, 0.5) is 31.1 Å². The lowest BCUT2D eigenvalue weighted by atomic mass is 9.85. The molecule has 36 heavy (non-hydrogen) atoms. The van der Waals surface area contributed by atoms with E-state index >= 15 is 0 Å². The third-order valence-electron chi connectivity index (χ3n) is 6.65. The van der Waals surface area contributed by atoms with Crippen LogP contribution in [-0.4, -0.2) is 80.0 Å². The monoisotopic (exact) mass is 541 g/mol. The van der Waals surface area contributed by atoms with E-state index in [1.165, 1.54) is 4.52 Å². The predicted octanol–water partition coefficient (Wildman–Crippen LogP) is 4.70. The molecule has 4 heterocycles. The number of halogens is 7. The number of piperidine rings is 1. The Bertz CT molecular complexity index is 1180. The summed E-state index contributed by atoms with van der Waals surface area (Å²) in [5.74, 6) is -0.453. The SMILES string of the molecule is Cc1cc(C)n2nc(C(=O)N3CCCC34CCN(C(=O)OC(C(F)(F)F)C(F)(F)F)CC4)c(Cl)c2n1. The van der Waals surface area contributed by atoms with Crippen LogP contribution in [0.3, 0.4) is 0 Å². The summed E-state index contributed by atoms with van der Waals surface area (Å²) >= 11 is 6.44. The van der Waals surface area contributed by atoms with E-state index in [-0.39, 0.29) is 36.6 Å². The van der Waals surface area contributed by atoms with Crippen LogP contribution in [0.1, 0.15) is 47.6 Å². The fourth-order valence-electron chi connectivity index (χ4n) is 4.94. The molecule has 0 bridgehead atoms. The fraction of sp³-hybridized carbons (Fsp3) is 0.619. The van der Waals surface area contributed by atoms with E-state index in [1.54, 1.807) is 24.8 Å². The van der Waals surface area contributed by atoms with Crippen molar-refractivity contribution in [1.82, 2.24) is 24.4 Å². The molecule has 2 aromatic heterocycles. The van der Waals surface area contributed by atoms with E-state index in [9.17, 15) is 35.9 Å². The van der Waals surface area contributed by atoms with Crippen LogP contribution < -0.4 is 0 Å². The summed E-state index contributed by atoms with van der Waals surface area (Å²) in [5.41, 5.74) is 0.999. The van der Waals surface area contributed by atoms with Gasteiger partial charge in [0, 0.05) is 36.6 Å². The molecule has 15 heteroatoms. The lowest BCUT2D eigenvalue weighted by molar-refractivity contribution is -0.308. The molecule has 0 radical (unpaired) electrons. The van der Waals surface area contributed by atoms with Gasteiger partial charge in [0.2, 0.25) is 0 Å². The van der Waals surface area contributed by atoms with Gasteiger partial charge in [0.15, 0.2) is 11.3 Å². The van der Waals surface area contributed by atoms with Gasteiger partial charge in [-0.2, -0.15) is 31.4 Å². The summed E-state index contributed by atoms with van der Waals surface area (Å²) in [5, 5.41) is 4.41. The highest BCUT2D eigenvalue weighted by Crippen LogP contribution is 2.41. The van der Waals surface area contributed by atoms with Crippen molar-refractivity contribution >= 4 is 29.2 Å².